The summed E-state index contributed by atoms with van der Waals surface area (Å²) in [5.74, 6) is -0.166. The summed E-state index contributed by atoms with van der Waals surface area (Å²) < 4.78 is 19.6. The number of H-pyrrole nitrogens is 1. The highest BCUT2D eigenvalue weighted by molar-refractivity contribution is 5.49. The van der Waals surface area contributed by atoms with Gasteiger partial charge in [0.15, 0.2) is 0 Å². The van der Waals surface area contributed by atoms with Gasteiger partial charge < -0.3 is 15.0 Å². The number of anilines is 1. The van der Waals surface area contributed by atoms with Crippen LogP contribution < -0.4 is 10.2 Å². The number of aromatic nitrogens is 2. The summed E-state index contributed by atoms with van der Waals surface area (Å²) in [5, 5.41) is 10.2. The van der Waals surface area contributed by atoms with Crippen molar-refractivity contribution in [2.24, 2.45) is 0 Å². The molecule has 0 saturated carbocycles. The number of aryl methyl sites for hydroxylation is 1. The Kier molecular flexibility index (Phi) is 4.70. The molecule has 118 valence electrons. The van der Waals surface area contributed by atoms with Crippen LogP contribution >= 0.6 is 0 Å². The van der Waals surface area contributed by atoms with Crippen LogP contribution in [0.2, 0.25) is 0 Å². The van der Waals surface area contributed by atoms with Gasteiger partial charge in [0.05, 0.1) is 25.1 Å². The van der Waals surface area contributed by atoms with Crippen molar-refractivity contribution in [2.75, 3.05) is 31.2 Å². The van der Waals surface area contributed by atoms with E-state index in [1.165, 1.54) is 0 Å². The molecule has 1 aliphatic rings. The molecule has 1 saturated heterocycles. The fraction of sp³-hybridized carbons (Fsp3) is 0.438. The summed E-state index contributed by atoms with van der Waals surface area (Å²) in [6.45, 7) is 6.14. The van der Waals surface area contributed by atoms with Crippen LogP contribution in [0.15, 0.2) is 24.4 Å². The van der Waals surface area contributed by atoms with Gasteiger partial charge in [-0.1, -0.05) is 6.07 Å². The number of aromatic amines is 1. The highest BCUT2D eigenvalue weighted by Gasteiger charge is 2.15. The molecule has 0 spiro atoms. The molecule has 0 aliphatic carbocycles. The second-order valence-corrected chi connectivity index (χ2v) is 5.51. The van der Waals surface area contributed by atoms with Crippen molar-refractivity contribution >= 4 is 5.69 Å². The van der Waals surface area contributed by atoms with Crippen LogP contribution in [-0.2, 0) is 17.8 Å². The van der Waals surface area contributed by atoms with E-state index in [0.29, 0.717) is 25.4 Å². The smallest absolute Gasteiger partial charge is 0.146 e. The fourth-order valence-corrected chi connectivity index (χ4v) is 2.62. The van der Waals surface area contributed by atoms with Crippen molar-refractivity contribution in [1.29, 1.82) is 0 Å². The van der Waals surface area contributed by atoms with E-state index in [1.54, 1.807) is 6.07 Å². The van der Waals surface area contributed by atoms with Gasteiger partial charge in [0.1, 0.15) is 5.82 Å². The number of halogens is 1. The van der Waals surface area contributed by atoms with E-state index in [4.69, 9.17) is 4.74 Å². The number of morpholine rings is 1. The summed E-state index contributed by atoms with van der Waals surface area (Å²) in [7, 11) is 0. The lowest BCUT2D eigenvalue weighted by Gasteiger charge is -2.29. The maximum absolute atomic E-state index is 14.3. The minimum absolute atomic E-state index is 0.166. The number of nitrogens with zero attached hydrogens (tertiary/aromatic N) is 2. The van der Waals surface area contributed by atoms with E-state index in [1.807, 2.05) is 30.2 Å². The van der Waals surface area contributed by atoms with E-state index in [0.717, 1.165) is 36.5 Å². The van der Waals surface area contributed by atoms with Crippen molar-refractivity contribution < 1.29 is 9.13 Å². The van der Waals surface area contributed by atoms with Gasteiger partial charge in [-0.05, 0) is 24.6 Å². The minimum atomic E-state index is -0.166. The van der Waals surface area contributed by atoms with E-state index in [2.05, 4.69) is 15.5 Å². The Labute approximate surface area is 129 Å². The van der Waals surface area contributed by atoms with E-state index >= 15 is 0 Å². The highest BCUT2D eigenvalue weighted by atomic mass is 19.1. The van der Waals surface area contributed by atoms with Crippen LogP contribution in [0.1, 0.15) is 16.8 Å². The largest absolute Gasteiger partial charge is 0.378 e. The average molecular weight is 304 g/mol. The zero-order valence-corrected chi connectivity index (χ0v) is 12.7. The summed E-state index contributed by atoms with van der Waals surface area (Å²) in [5.41, 5.74) is 3.79. The van der Waals surface area contributed by atoms with Gasteiger partial charge in [-0.2, -0.15) is 5.10 Å². The van der Waals surface area contributed by atoms with Crippen LogP contribution in [0.3, 0.4) is 0 Å². The SMILES string of the molecule is Cc1[nH]ncc1CNCc1ccc(N2CCOCC2)c(F)c1. The quantitative estimate of drug-likeness (QED) is 0.887. The molecular formula is C16H21FN4O. The summed E-state index contributed by atoms with van der Waals surface area (Å²) in [6, 6.07) is 5.45. The summed E-state index contributed by atoms with van der Waals surface area (Å²) >= 11 is 0. The molecule has 0 radical (unpaired) electrons. The maximum atomic E-state index is 14.3. The highest BCUT2D eigenvalue weighted by Crippen LogP contribution is 2.21. The Hall–Kier alpha value is -1.92. The second kappa shape index (κ2) is 6.89. The second-order valence-electron chi connectivity index (χ2n) is 5.51. The zero-order valence-electron chi connectivity index (χ0n) is 12.7. The minimum Gasteiger partial charge on any atom is -0.378 e. The maximum Gasteiger partial charge on any atom is 0.146 e. The lowest BCUT2D eigenvalue weighted by atomic mass is 10.1. The van der Waals surface area contributed by atoms with Gasteiger partial charge in [0, 0.05) is 37.4 Å². The molecule has 6 heteroatoms. The van der Waals surface area contributed by atoms with Gasteiger partial charge in [0.25, 0.3) is 0 Å². The predicted molar refractivity (Wildman–Crippen MR) is 83.3 cm³/mol. The van der Waals surface area contributed by atoms with Gasteiger partial charge in [-0.15, -0.1) is 0 Å². The molecule has 1 aromatic carbocycles. The van der Waals surface area contributed by atoms with Crippen molar-refractivity contribution in [3.05, 3.63) is 47.0 Å². The van der Waals surface area contributed by atoms with Crippen molar-refractivity contribution in [3.63, 3.8) is 0 Å². The number of benzene rings is 1. The molecule has 0 amide bonds. The van der Waals surface area contributed by atoms with Crippen molar-refractivity contribution in [2.45, 2.75) is 20.0 Å². The standard InChI is InChI=1S/C16H21FN4O/c1-12-14(11-19-20-12)10-18-9-13-2-3-16(15(17)8-13)21-4-6-22-7-5-21/h2-3,8,11,18H,4-7,9-10H2,1H3,(H,19,20). The van der Waals surface area contributed by atoms with Gasteiger partial charge in [-0.25, -0.2) is 4.39 Å². The van der Waals surface area contributed by atoms with E-state index in [9.17, 15) is 4.39 Å². The molecule has 0 atom stereocenters. The zero-order chi connectivity index (χ0) is 15.4. The van der Waals surface area contributed by atoms with Crippen LogP contribution in [0.25, 0.3) is 0 Å². The van der Waals surface area contributed by atoms with Crippen LogP contribution in [0, 0.1) is 12.7 Å². The number of ether oxygens (including phenoxy) is 1. The first-order valence-electron chi connectivity index (χ1n) is 7.55. The van der Waals surface area contributed by atoms with Crippen LogP contribution in [0.5, 0.6) is 0 Å². The molecule has 1 aromatic heterocycles. The molecule has 22 heavy (non-hydrogen) atoms. The Morgan fingerprint density at radius 1 is 1.32 bits per heavy atom. The normalized spacial score (nSPS) is 15.3. The van der Waals surface area contributed by atoms with Crippen LogP contribution in [0.4, 0.5) is 10.1 Å². The topological polar surface area (TPSA) is 53.2 Å². The Balaban J connectivity index is 1.58. The van der Waals surface area contributed by atoms with Crippen molar-refractivity contribution in [1.82, 2.24) is 15.5 Å². The third kappa shape index (κ3) is 3.45. The molecule has 5 nitrogen and oxygen atoms in total. The molecule has 1 fully saturated rings. The third-order valence-corrected chi connectivity index (χ3v) is 3.94. The molecule has 3 rings (SSSR count). The van der Waals surface area contributed by atoms with Gasteiger partial charge in [0.2, 0.25) is 0 Å². The average Bonchev–Trinajstić information content (AvgIpc) is 2.94. The van der Waals surface area contributed by atoms with E-state index < -0.39 is 0 Å². The van der Waals surface area contributed by atoms with Crippen molar-refractivity contribution in [3.8, 4) is 0 Å². The first kappa shape index (κ1) is 15.0. The summed E-state index contributed by atoms with van der Waals surface area (Å²) in [4.78, 5) is 2.03. The number of hydrogen-bond acceptors (Lipinski definition) is 4. The lowest BCUT2D eigenvalue weighted by molar-refractivity contribution is 0.122. The first-order valence-corrected chi connectivity index (χ1v) is 7.55. The molecule has 2 N–H and O–H groups in total. The molecular weight excluding hydrogens is 283 g/mol. The van der Waals surface area contributed by atoms with Gasteiger partial charge >= 0.3 is 0 Å². The van der Waals surface area contributed by atoms with E-state index in [-0.39, 0.29) is 5.82 Å². The summed E-state index contributed by atoms with van der Waals surface area (Å²) in [6.07, 6.45) is 1.81. The number of nitrogens with one attached hydrogen (secondary N) is 2. The Morgan fingerprint density at radius 2 is 2.14 bits per heavy atom. The fourth-order valence-electron chi connectivity index (χ4n) is 2.62. The van der Waals surface area contributed by atoms with Gasteiger partial charge in [-0.3, -0.25) is 5.10 Å². The third-order valence-electron chi connectivity index (χ3n) is 3.94. The van der Waals surface area contributed by atoms with Crippen LogP contribution in [-0.4, -0.2) is 36.5 Å². The Bertz CT molecular complexity index is 622. The number of hydrogen-bond donors (Lipinski definition) is 2. The molecule has 0 unspecified atom stereocenters. The molecule has 2 heterocycles. The predicted octanol–water partition coefficient (Wildman–Crippen LogP) is 1.98. The lowest BCUT2D eigenvalue weighted by Crippen LogP contribution is -2.36. The monoisotopic (exact) mass is 304 g/mol. The molecule has 0 bridgehead atoms. The molecule has 2 aromatic rings. The molecule has 1 aliphatic heterocycles. The number of rotatable bonds is 5. The Morgan fingerprint density at radius 3 is 2.82 bits per heavy atom. The first-order chi connectivity index (χ1) is 10.7.